The Morgan fingerprint density at radius 1 is 0.861 bits per heavy atom. The first-order valence-corrected chi connectivity index (χ1v) is 14.2. The molecule has 208 valence electrons. The molecule has 3 atom stereocenters. The molecule has 0 aliphatic rings. The van der Waals surface area contributed by atoms with E-state index in [1.165, 1.54) is 57.8 Å². The Morgan fingerprint density at radius 3 is 1.92 bits per heavy atom. The molecular weight excluding hydrogens is 454 g/mol. The highest BCUT2D eigenvalue weighted by Gasteiger charge is 2.29. The molecule has 1 aromatic rings. The lowest BCUT2D eigenvalue weighted by molar-refractivity contribution is -0.0367. The fourth-order valence-electron chi connectivity index (χ4n) is 4.20. The average Bonchev–Trinajstić information content (AvgIpc) is 2.83. The molecule has 0 unspecified atom stereocenters. The van der Waals surface area contributed by atoms with E-state index in [0.29, 0.717) is 13.0 Å². The van der Waals surface area contributed by atoms with Crippen LogP contribution in [0.4, 0.5) is 4.79 Å². The number of rotatable bonds is 20. The molecule has 0 bridgehead atoms. The summed E-state index contributed by atoms with van der Waals surface area (Å²) in [7, 11) is 0. The summed E-state index contributed by atoms with van der Waals surface area (Å²) in [6.45, 7) is 8.03. The summed E-state index contributed by atoms with van der Waals surface area (Å²) in [5, 5.41) is 24.1. The summed E-state index contributed by atoms with van der Waals surface area (Å²) in [6.07, 6.45) is 12.7. The number of hydrogen-bond acceptors (Lipinski definition) is 5. The molecule has 1 aromatic carbocycles. The zero-order chi connectivity index (χ0) is 26.7. The first-order chi connectivity index (χ1) is 17.2. The van der Waals surface area contributed by atoms with Gasteiger partial charge in [-0.15, -0.1) is 0 Å². The maximum atomic E-state index is 12.3. The minimum absolute atomic E-state index is 0.0742. The quantitative estimate of drug-likeness (QED) is 0.167. The van der Waals surface area contributed by atoms with Gasteiger partial charge in [-0.1, -0.05) is 114 Å². The molecule has 0 saturated carbocycles. The Morgan fingerprint density at radius 2 is 1.39 bits per heavy atom. The average molecular weight is 508 g/mol. The molecule has 1 amide bonds. The van der Waals surface area contributed by atoms with Crippen molar-refractivity contribution < 1.29 is 24.5 Å². The number of carbonyl (C=O) groups excluding carboxylic acids is 1. The number of alkyl carbamates (subject to hydrolysis) is 1. The molecule has 0 saturated heterocycles. The molecule has 6 nitrogen and oxygen atoms in total. The molecule has 0 heterocycles. The van der Waals surface area contributed by atoms with Crippen molar-refractivity contribution in [1.29, 1.82) is 0 Å². The molecule has 3 N–H and O–H groups in total. The summed E-state index contributed by atoms with van der Waals surface area (Å²) in [6, 6.07) is 8.94. The van der Waals surface area contributed by atoms with E-state index >= 15 is 0 Å². The number of aliphatic hydroxyl groups is 2. The zero-order valence-electron chi connectivity index (χ0n) is 23.3. The summed E-state index contributed by atoms with van der Waals surface area (Å²) in [5.74, 6) is 0. The third-order valence-corrected chi connectivity index (χ3v) is 6.27. The van der Waals surface area contributed by atoms with Crippen LogP contribution in [-0.2, 0) is 16.1 Å². The second-order valence-corrected chi connectivity index (χ2v) is 11.0. The van der Waals surface area contributed by atoms with Gasteiger partial charge in [0.1, 0.15) is 11.7 Å². The van der Waals surface area contributed by atoms with E-state index in [1.54, 1.807) is 20.8 Å². The van der Waals surface area contributed by atoms with Crippen LogP contribution in [0.2, 0.25) is 0 Å². The largest absolute Gasteiger partial charge is 0.444 e. The van der Waals surface area contributed by atoms with Crippen molar-refractivity contribution >= 4 is 6.09 Å². The van der Waals surface area contributed by atoms with Gasteiger partial charge < -0.3 is 25.0 Å². The number of aliphatic hydroxyl groups excluding tert-OH is 2. The Hall–Kier alpha value is -1.63. The number of unbranched alkanes of at least 4 members (excludes halogenated alkanes) is 11. The van der Waals surface area contributed by atoms with Crippen LogP contribution < -0.4 is 5.32 Å². The fraction of sp³-hybridized carbons (Fsp3) is 0.767. The maximum Gasteiger partial charge on any atom is 0.408 e. The van der Waals surface area contributed by atoms with Crippen LogP contribution in [0.25, 0.3) is 0 Å². The number of carbonyl (C=O) groups is 1. The lowest BCUT2D eigenvalue weighted by atomic mass is 9.99. The van der Waals surface area contributed by atoms with E-state index in [9.17, 15) is 15.0 Å². The molecule has 36 heavy (non-hydrogen) atoms. The van der Waals surface area contributed by atoms with E-state index in [1.807, 2.05) is 30.3 Å². The Balaban J connectivity index is 2.34. The van der Waals surface area contributed by atoms with Gasteiger partial charge in [-0.3, -0.25) is 0 Å². The van der Waals surface area contributed by atoms with E-state index in [0.717, 1.165) is 24.8 Å². The number of hydrogen-bond donors (Lipinski definition) is 3. The number of nitrogens with one attached hydrogen (secondary N) is 1. The van der Waals surface area contributed by atoms with Gasteiger partial charge in [0.15, 0.2) is 0 Å². The topological polar surface area (TPSA) is 88.0 Å². The smallest absolute Gasteiger partial charge is 0.408 e. The molecule has 0 fully saturated rings. The SMILES string of the molecule is CCCCCCCCCCCCCC[C@@H](O)[C@@H](O)[C@H](COCc1ccccc1)NC(=O)OC(C)(C)C. The Labute approximate surface area is 220 Å². The van der Waals surface area contributed by atoms with Crippen LogP contribution in [-0.4, -0.2) is 46.8 Å². The van der Waals surface area contributed by atoms with Crippen molar-refractivity contribution in [2.75, 3.05) is 6.61 Å². The van der Waals surface area contributed by atoms with E-state index in [-0.39, 0.29) is 6.61 Å². The van der Waals surface area contributed by atoms with Crippen LogP contribution in [0.3, 0.4) is 0 Å². The van der Waals surface area contributed by atoms with Crippen molar-refractivity contribution in [3.05, 3.63) is 35.9 Å². The van der Waals surface area contributed by atoms with Gasteiger partial charge in [0, 0.05) is 0 Å². The molecule has 1 rings (SSSR count). The predicted molar refractivity (Wildman–Crippen MR) is 147 cm³/mol. The van der Waals surface area contributed by atoms with E-state index in [2.05, 4.69) is 12.2 Å². The second kappa shape index (κ2) is 19.5. The third kappa shape index (κ3) is 16.9. The van der Waals surface area contributed by atoms with E-state index < -0.39 is 29.9 Å². The fourth-order valence-corrected chi connectivity index (χ4v) is 4.20. The molecule has 0 radical (unpaired) electrons. The van der Waals surface area contributed by atoms with Gasteiger partial charge in [0.05, 0.1) is 25.4 Å². The van der Waals surface area contributed by atoms with Crippen LogP contribution >= 0.6 is 0 Å². The van der Waals surface area contributed by atoms with Crippen molar-refractivity contribution in [2.45, 2.75) is 142 Å². The Kier molecular flexibility index (Phi) is 17.5. The predicted octanol–water partition coefficient (Wildman–Crippen LogP) is 6.91. The van der Waals surface area contributed by atoms with Crippen molar-refractivity contribution in [3.63, 3.8) is 0 Å². The Bertz CT molecular complexity index is 661. The van der Waals surface area contributed by atoms with Crippen molar-refractivity contribution in [1.82, 2.24) is 5.32 Å². The van der Waals surface area contributed by atoms with Crippen LogP contribution in [0.5, 0.6) is 0 Å². The normalized spacial score (nSPS) is 14.3. The van der Waals surface area contributed by atoms with Crippen LogP contribution in [0, 0.1) is 0 Å². The third-order valence-electron chi connectivity index (χ3n) is 6.27. The minimum atomic E-state index is -1.14. The molecule has 0 aromatic heterocycles. The first-order valence-electron chi connectivity index (χ1n) is 14.2. The standard InChI is InChI=1S/C30H53NO5/c1-5-6-7-8-9-10-11-12-13-14-15-19-22-27(32)28(33)26(31-29(34)36-30(2,3)4)24-35-23-25-20-17-16-18-21-25/h16-18,20-21,26-28,32-33H,5-15,19,22-24H2,1-4H3,(H,31,34)/t26-,27+,28-/m0/s1. The van der Waals surface area contributed by atoms with Crippen LogP contribution in [0.1, 0.15) is 117 Å². The molecule has 0 aliphatic carbocycles. The summed E-state index contributed by atoms with van der Waals surface area (Å²) < 4.78 is 11.1. The monoisotopic (exact) mass is 507 g/mol. The molecular formula is C30H53NO5. The minimum Gasteiger partial charge on any atom is -0.444 e. The molecule has 0 aliphatic heterocycles. The maximum absolute atomic E-state index is 12.3. The molecule has 6 heteroatoms. The highest BCUT2D eigenvalue weighted by atomic mass is 16.6. The lowest BCUT2D eigenvalue weighted by Gasteiger charge is -2.29. The first kappa shape index (κ1) is 32.4. The lowest BCUT2D eigenvalue weighted by Crippen LogP contribution is -2.52. The van der Waals surface area contributed by atoms with Gasteiger partial charge >= 0.3 is 6.09 Å². The summed E-state index contributed by atoms with van der Waals surface area (Å²) >= 11 is 0. The zero-order valence-corrected chi connectivity index (χ0v) is 23.3. The number of ether oxygens (including phenoxy) is 2. The van der Waals surface area contributed by atoms with Gasteiger partial charge in [-0.25, -0.2) is 4.79 Å². The second-order valence-electron chi connectivity index (χ2n) is 11.0. The van der Waals surface area contributed by atoms with E-state index in [4.69, 9.17) is 9.47 Å². The van der Waals surface area contributed by atoms with Crippen LogP contribution in [0.15, 0.2) is 30.3 Å². The van der Waals surface area contributed by atoms with Gasteiger partial charge in [0.2, 0.25) is 0 Å². The number of amides is 1. The highest BCUT2D eigenvalue weighted by Crippen LogP contribution is 2.16. The number of benzene rings is 1. The highest BCUT2D eigenvalue weighted by molar-refractivity contribution is 5.68. The molecule has 0 spiro atoms. The summed E-state index contributed by atoms with van der Waals surface area (Å²) in [4.78, 5) is 12.3. The van der Waals surface area contributed by atoms with Crippen molar-refractivity contribution in [2.24, 2.45) is 0 Å². The van der Waals surface area contributed by atoms with Gasteiger partial charge in [-0.2, -0.15) is 0 Å². The van der Waals surface area contributed by atoms with Gasteiger partial charge in [0.25, 0.3) is 0 Å². The van der Waals surface area contributed by atoms with Gasteiger partial charge in [-0.05, 0) is 32.8 Å². The van der Waals surface area contributed by atoms with Crippen molar-refractivity contribution in [3.8, 4) is 0 Å². The summed E-state index contributed by atoms with van der Waals surface area (Å²) in [5.41, 5.74) is 0.345.